The van der Waals surface area contributed by atoms with Gasteiger partial charge in [-0.2, -0.15) is 0 Å². The normalized spacial score (nSPS) is 23.8. The standard InChI is InChI=1S/C9H15ClO2/c10-8-4-6-12-9(7-8)3-1-2-5-11/h7,9,11H,1-6H2. The minimum Gasteiger partial charge on any atom is -0.396 e. The molecule has 70 valence electrons. The minimum atomic E-state index is 0.179. The van der Waals surface area contributed by atoms with E-state index in [4.69, 9.17) is 21.4 Å². The number of unbranched alkanes of at least 4 members (excludes halogenated alkanes) is 1. The summed E-state index contributed by atoms with van der Waals surface area (Å²) in [5.74, 6) is 0. The van der Waals surface area contributed by atoms with E-state index in [0.717, 1.165) is 37.3 Å². The van der Waals surface area contributed by atoms with Crippen LogP contribution in [0.25, 0.3) is 0 Å². The van der Waals surface area contributed by atoms with Crippen molar-refractivity contribution in [1.82, 2.24) is 0 Å². The lowest BCUT2D eigenvalue weighted by molar-refractivity contribution is 0.0704. The zero-order valence-electron chi connectivity index (χ0n) is 7.13. The van der Waals surface area contributed by atoms with E-state index in [1.165, 1.54) is 0 Å². The molecule has 12 heavy (non-hydrogen) atoms. The second-order valence-electron chi connectivity index (χ2n) is 2.99. The molecule has 0 aromatic rings. The Bertz CT molecular complexity index is 157. The second kappa shape index (κ2) is 5.57. The summed E-state index contributed by atoms with van der Waals surface area (Å²) in [6.07, 6.45) is 5.82. The summed E-state index contributed by atoms with van der Waals surface area (Å²) in [7, 11) is 0. The maximum absolute atomic E-state index is 8.57. The maximum Gasteiger partial charge on any atom is 0.0770 e. The summed E-state index contributed by atoms with van der Waals surface area (Å²) in [6.45, 7) is 1.00. The summed E-state index contributed by atoms with van der Waals surface area (Å²) in [6, 6.07) is 0. The lowest BCUT2D eigenvalue weighted by atomic mass is 10.1. The van der Waals surface area contributed by atoms with Crippen LogP contribution < -0.4 is 0 Å². The Morgan fingerprint density at radius 3 is 3.08 bits per heavy atom. The fourth-order valence-electron chi connectivity index (χ4n) is 1.26. The lowest BCUT2D eigenvalue weighted by Crippen LogP contribution is -2.15. The van der Waals surface area contributed by atoms with E-state index in [1.54, 1.807) is 0 Å². The molecule has 2 nitrogen and oxygen atoms in total. The maximum atomic E-state index is 8.57. The Hall–Kier alpha value is -0.0500. The van der Waals surface area contributed by atoms with E-state index in [-0.39, 0.29) is 12.7 Å². The molecule has 0 saturated carbocycles. The molecule has 0 fully saturated rings. The lowest BCUT2D eigenvalue weighted by Gasteiger charge is -2.18. The average molecular weight is 191 g/mol. The van der Waals surface area contributed by atoms with Gasteiger partial charge in [0.1, 0.15) is 0 Å². The largest absolute Gasteiger partial charge is 0.396 e. The van der Waals surface area contributed by atoms with Crippen molar-refractivity contribution in [3.8, 4) is 0 Å². The van der Waals surface area contributed by atoms with Gasteiger partial charge in [0.2, 0.25) is 0 Å². The SMILES string of the molecule is OCCCCC1C=C(Cl)CCO1. The van der Waals surface area contributed by atoms with Crippen LogP contribution in [0.4, 0.5) is 0 Å². The van der Waals surface area contributed by atoms with Crippen LogP contribution in [0.1, 0.15) is 25.7 Å². The quantitative estimate of drug-likeness (QED) is 0.688. The fraction of sp³-hybridized carbons (Fsp3) is 0.778. The molecule has 1 heterocycles. The van der Waals surface area contributed by atoms with Gasteiger partial charge in [0.05, 0.1) is 12.7 Å². The zero-order chi connectivity index (χ0) is 8.81. The zero-order valence-corrected chi connectivity index (χ0v) is 7.89. The van der Waals surface area contributed by atoms with Crippen LogP contribution in [0, 0.1) is 0 Å². The molecule has 0 amide bonds. The second-order valence-corrected chi connectivity index (χ2v) is 3.48. The smallest absolute Gasteiger partial charge is 0.0770 e. The molecule has 0 aliphatic carbocycles. The van der Waals surface area contributed by atoms with Gasteiger partial charge in [-0.3, -0.25) is 0 Å². The molecule has 1 rings (SSSR count). The van der Waals surface area contributed by atoms with Gasteiger partial charge in [0.25, 0.3) is 0 Å². The molecule has 1 aliphatic heterocycles. The number of rotatable bonds is 4. The third-order valence-electron chi connectivity index (χ3n) is 1.94. The van der Waals surface area contributed by atoms with Gasteiger partial charge in [0.15, 0.2) is 0 Å². The van der Waals surface area contributed by atoms with Crippen LogP contribution in [0.5, 0.6) is 0 Å². The highest BCUT2D eigenvalue weighted by atomic mass is 35.5. The molecule has 0 aromatic heterocycles. The van der Waals surface area contributed by atoms with Crippen molar-refractivity contribution < 1.29 is 9.84 Å². The van der Waals surface area contributed by atoms with Crippen molar-refractivity contribution in [2.45, 2.75) is 31.8 Å². The Labute approximate surface area is 78.2 Å². The van der Waals surface area contributed by atoms with E-state index in [1.807, 2.05) is 6.08 Å². The molecule has 3 heteroatoms. The van der Waals surface area contributed by atoms with Gasteiger partial charge in [0, 0.05) is 18.1 Å². The first kappa shape index (κ1) is 10.0. The van der Waals surface area contributed by atoms with Gasteiger partial charge in [-0.1, -0.05) is 11.6 Å². The Morgan fingerprint density at radius 1 is 1.58 bits per heavy atom. The van der Waals surface area contributed by atoms with Crippen LogP contribution >= 0.6 is 11.6 Å². The minimum absolute atomic E-state index is 0.179. The molecular weight excluding hydrogens is 176 g/mol. The molecule has 1 aliphatic rings. The first-order chi connectivity index (χ1) is 5.83. The van der Waals surface area contributed by atoms with Crippen molar-refractivity contribution in [1.29, 1.82) is 0 Å². The first-order valence-electron chi connectivity index (χ1n) is 4.41. The Balaban J connectivity index is 2.18. The van der Waals surface area contributed by atoms with E-state index in [2.05, 4.69) is 0 Å². The van der Waals surface area contributed by atoms with Gasteiger partial charge < -0.3 is 9.84 Å². The van der Waals surface area contributed by atoms with Gasteiger partial charge >= 0.3 is 0 Å². The molecule has 0 bridgehead atoms. The number of hydrogen-bond acceptors (Lipinski definition) is 2. The molecule has 0 radical (unpaired) electrons. The molecule has 1 unspecified atom stereocenters. The van der Waals surface area contributed by atoms with Crippen molar-refractivity contribution in [2.24, 2.45) is 0 Å². The number of aliphatic hydroxyl groups is 1. The van der Waals surface area contributed by atoms with Crippen LogP contribution in [0.15, 0.2) is 11.1 Å². The van der Waals surface area contributed by atoms with Crippen molar-refractivity contribution in [3.63, 3.8) is 0 Å². The average Bonchev–Trinajstić information content (AvgIpc) is 2.05. The third-order valence-corrected chi connectivity index (χ3v) is 2.25. The molecule has 0 aromatic carbocycles. The van der Waals surface area contributed by atoms with Crippen LogP contribution in [0.3, 0.4) is 0 Å². The monoisotopic (exact) mass is 190 g/mol. The summed E-state index contributed by atoms with van der Waals surface area (Å²) in [4.78, 5) is 0. The van der Waals surface area contributed by atoms with Gasteiger partial charge in [-0.15, -0.1) is 0 Å². The van der Waals surface area contributed by atoms with E-state index in [0.29, 0.717) is 0 Å². The third kappa shape index (κ3) is 3.57. The number of halogens is 1. The number of hydrogen-bond donors (Lipinski definition) is 1. The Morgan fingerprint density at radius 2 is 2.42 bits per heavy atom. The topological polar surface area (TPSA) is 29.5 Å². The molecule has 0 saturated heterocycles. The van der Waals surface area contributed by atoms with Crippen molar-refractivity contribution >= 4 is 11.6 Å². The van der Waals surface area contributed by atoms with E-state index >= 15 is 0 Å². The predicted molar refractivity (Wildman–Crippen MR) is 49.2 cm³/mol. The molecule has 1 N–H and O–H groups in total. The van der Waals surface area contributed by atoms with Crippen LogP contribution in [-0.2, 0) is 4.74 Å². The summed E-state index contributed by atoms with van der Waals surface area (Å²) in [5.41, 5.74) is 0. The van der Waals surface area contributed by atoms with E-state index in [9.17, 15) is 0 Å². The molecular formula is C9H15ClO2. The summed E-state index contributed by atoms with van der Waals surface area (Å²) >= 11 is 5.86. The van der Waals surface area contributed by atoms with Gasteiger partial charge in [-0.25, -0.2) is 0 Å². The highest BCUT2D eigenvalue weighted by molar-refractivity contribution is 6.29. The molecule has 1 atom stereocenters. The predicted octanol–water partition coefficient (Wildman–Crippen LogP) is 2.06. The van der Waals surface area contributed by atoms with Crippen molar-refractivity contribution in [3.05, 3.63) is 11.1 Å². The van der Waals surface area contributed by atoms with Crippen LogP contribution in [0.2, 0.25) is 0 Å². The first-order valence-corrected chi connectivity index (χ1v) is 4.79. The number of ether oxygens (including phenoxy) is 1. The number of aliphatic hydroxyl groups excluding tert-OH is 1. The van der Waals surface area contributed by atoms with Crippen molar-refractivity contribution in [2.75, 3.05) is 13.2 Å². The fourth-order valence-corrected chi connectivity index (χ4v) is 1.48. The highest BCUT2D eigenvalue weighted by Crippen LogP contribution is 2.19. The van der Waals surface area contributed by atoms with Crippen LogP contribution in [-0.4, -0.2) is 24.4 Å². The Kier molecular flexibility index (Phi) is 4.66. The molecule has 0 spiro atoms. The van der Waals surface area contributed by atoms with Gasteiger partial charge in [-0.05, 0) is 25.3 Å². The summed E-state index contributed by atoms with van der Waals surface area (Å²) in [5, 5.41) is 9.48. The summed E-state index contributed by atoms with van der Waals surface area (Å²) < 4.78 is 5.45. The highest BCUT2D eigenvalue weighted by Gasteiger charge is 2.11. The van der Waals surface area contributed by atoms with E-state index < -0.39 is 0 Å².